The summed E-state index contributed by atoms with van der Waals surface area (Å²) in [7, 11) is 0. The van der Waals surface area contributed by atoms with Crippen LogP contribution in [0.3, 0.4) is 0 Å². The van der Waals surface area contributed by atoms with Gasteiger partial charge < -0.3 is 14.8 Å². The van der Waals surface area contributed by atoms with Crippen LogP contribution >= 0.6 is 0 Å². The summed E-state index contributed by atoms with van der Waals surface area (Å²) in [6.07, 6.45) is 0.324. The lowest BCUT2D eigenvalue weighted by molar-refractivity contribution is -0.129. The Bertz CT molecular complexity index is 790. The number of carbonyl (C=O) groups excluding carboxylic acids is 1. The van der Waals surface area contributed by atoms with Gasteiger partial charge in [0.2, 0.25) is 0 Å². The minimum atomic E-state index is -0.759. The van der Waals surface area contributed by atoms with Gasteiger partial charge in [0.1, 0.15) is 11.4 Å². The fourth-order valence-electron chi connectivity index (χ4n) is 3.21. The lowest BCUT2D eigenvalue weighted by Crippen LogP contribution is -2.45. The molecular weight excluding hydrogens is 333 g/mol. The molecular formula is C21H24FNO3. The maximum atomic E-state index is 13.8. The van der Waals surface area contributed by atoms with Gasteiger partial charge >= 0.3 is 0 Å². The van der Waals surface area contributed by atoms with Crippen LogP contribution < -0.4 is 14.8 Å². The highest BCUT2D eigenvalue weighted by molar-refractivity contribution is 5.81. The second-order valence-corrected chi connectivity index (χ2v) is 7.11. The zero-order valence-corrected chi connectivity index (χ0v) is 15.3. The molecule has 0 fully saturated rings. The van der Waals surface area contributed by atoms with E-state index in [0.29, 0.717) is 12.8 Å². The van der Waals surface area contributed by atoms with Crippen LogP contribution in [-0.2, 0) is 4.79 Å². The Balaban J connectivity index is 1.77. The van der Waals surface area contributed by atoms with Gasteiger partial charge in [-0.2, -0.15) is 0 Å². The van der Waals surface area contributed by atoms with Crippen LogP contribution in [0.4, 0.5) is 4.39 Å². The van der Waals surface area contributed by atoms with E-state index in [9.17, 15) is 9.18 Å². The molecule has 138 valence electrons. The van der Waals surface area contributed by atoms with Crippen molar-refractivity contribution in [2.75, 3.05) is 0 Å². The highest BCUT2D eigenvalue weighted by atomic mass is 19.1. The smallest absolute Gasteiger partial charge is 0.261 e. The van der Waals surface area contributed by atoms with Gasteiger partial charge in [-0.05, 0) is 38.5 Å². The summed E-state index contributed by atoms with van der Waals surface area (Å²) >= 11 is 0. The molecule has 26 heavy (non-hydrogen) atoms. The van der Waals surface area contributed by atoms with E-state index in [1.165, 1.54) is 12.1 Å². The number of amides is 1. The number of ether oxygens (including phenoxy) is 2. The lowest BCUT2D eigenvalue weighted by Gasteiger charge is -2.38. The van der Waals surface area contributed by atoms with E-state index in [1.807, 2.05) is 45.0 Å². The number of fused-ring (bicyclic) bond motifs is 1. The first-order valence-electron chi connectivity index (χ1n) is 8.89. The van der Waals surface area contributed by atoms with Crippen LogP contribution in [-0.4, -0.2) is 17.6 Å². The van der Waals surface area contributed by atoms with E-state index in [0.717, 1.165) is 11.3 Å². The Hall–Kier alpha value is -2.56. The molecule has 0 bridgehead atoms. The van der Waals surface area contributed by atoms with Crippen LogP contribution in [0.1, 0.15) is 45.2 Å². The Morgan fingerprint density at radius 1 is 1.27 bits per heavy atom. The van der Waals surface area contributed by atoms with Crippen molar-refractivity contribution < 1.29 is 18.7 Å². The van der Waals surface area contributed by atoms with Crippen molar-refractivity contribution in [2.24, 2.45) is 0 Å². The molecule has 2 aromatic carbocycles. The average molecular weight is 357 g/mol. The maximum absolute atomic E-state index is 13.8. The summed E-state index contributed by atoms with van der Waals surface area (Å²) < 4.78 is 25.5. The fourth-order valence-corrected chi connectivity index (χ4v) is 3.21. The van der Waals surface area contributed by atoms with Gasteiger partial charge in [-0.3, -0.25) is 4.79 Å². The number of halogens is 1. The molecule has 0 unspecified atom stereocenters. The van der Waals surface area contributed by atoms with Gasteiger partial charge in [0.05, 0.1) is 6.04 Å². The van der Waals surface area contributed by atoms with Gasteiger partial charge in [-0.1, -0.05) is 37.3 Å². The van der Waals surface area contributed by atoms with Crippen molar-refractivity contribution in [1.82, 2.24) is 5.32 Å². The number of nitrogens with one attached hydrogen (secondary N) is 1. The van der Waals surface area contributed by atoms with Crippen LogP contribution in [0.15, 0.2) is 48.5 Å². The number of para-hydroxylation sites is 2. The standard InChI is InChI=1S/C21H24FNO3/c1-4-17(25-19-12-8-6-10-15(19)22)20(24)23-16-13-21(2,3)26-18-11-7-5-9-14(16)18/h5-12,16-17H,4,13H2,1-3H3,(H,23,24)/t16-,17+/m0/s1. The summed E-state index contributed by atoms with van der Waals surface area (Å²) in [5, 5.41) is 3.06. The molecule has 1 aliphatic rings. The van der Waals surface area contributed by atoms with E-state index in [-0.39, 0.29) is 23.3 Å². The number of benzene rings is 2. The number of hydrogen-bond donors (Lipinski definition) is 1. The molecule has 2 atom stereocenters. The minimum Gasteiger partial charge on any atom is -0.487 e. The Labute approximate surface area is 153 Å². The molecule has 0 saturated heterocycles. The third-order valence-corrected chi connectivity index (χ3v) is 4.46. The van der Waals surface area contributed by atoms with Crippen LogP contribution in [0.2, 0.25) is 0 Å². The van der Waals surface area contributed by atoms with E-state index in [2.05, 4.69) is 5.32 Å². The first-order valence-corrected chi connectivity index (χ1v) is 8.89. The minimum absolute atomic E-state index is 0.0854. The summed E-state index contributed by atoms with van der Waals surface area (Å²) in [4.78, 5) is 12.8. The predicted molar refractivity (Wildman–Crippen MR) is 97.8 cm³/mol. The number of carbonyl (C=O) groups is 1. The SMILES string of the molecule is CC[C@@H](Oc1ccccc1F)C(=O)N[C@H]1CC(C)(C)Oc2ccccc21. The van der Waals surface area contributed by atoms with E-state index in [4.69, 9.17) is 9.47 Å². The molecule has 0 saturated carbocycles. The summed E-state index contributed by atoms with van der Waals surface area (Å²) in [6, 6.07) is 13.6. The predicted octanol–water partition coefficient (Wildman–Crippen LogP) is 4.40. The van der Waals surface area contributed by atoms with Crippen molar-refractivity contribution in [1.29, 1.82) is 0 Å². The first-order chi connectivity index (χ1) is 12.4. The fraction of sp³-hybridized carbons (Fsp3) is 0.381. The molecule has 0 aliphatic carbocycles. The number of rotatable bonds is 5. The van der Waals surface area contributed by atoms with Gasteiger partial charge in [-0.25, -0.2) is 4.39 Å². The number of hydrogen-bond acceptors (Lipinski definition) is 3. The van der Waals surface area contributed by atoms with Gasteiger partial charge in [0.25, 0.3) is 5.91 Å². The third-order valence-electron chi connectivity index (χ3n) is 4.46. The molecule has 3 rings (SSSR count). The topological polar surface area (TPSA) is 47.6 Å². The van der Waals surface area contributed by atoms with Crippen molar-refractivity contribution in [3.63, 3.8) is 0 Å². The molecule has 0 radical (unpaired) electrons. The molecule has 1 aliphatic heterocycles. The normalized spacial score (nSPS) is 19.0. The largest absolute Gasteiger partial charge is 0.487 e. The average Bonchev–Trinajstić information content (AvgIpc) is 2.60. The highest BCUT2D eigenvalue weighted by Gasteiger charge is 2.35. The molecule has 4 nitrogen and oxygen atoms in total. The summed E-state index contributed by atoms with van der Waals surface area (Å²) in [5.41, 5.74) is 0.557. The van der Waals surface area contributed by atoms with Crippen LogP contribution in [0.5, 0.6) is 11.5 Å². The van der Waals surface area contributed by atoms with Crippen molar-refractivity contribution in [3.05, 3.63) is 59.9 Å². The Morgan fingerprint density at radius 2 is 1.96 bits per heavy atom. The zero-order valence-electron chi connectivity index (χ0n) is 15.3. The van der Waals surface area contributed by atoms with E-state index >= 15 is 0 Å². The Kier molecular flexibility index (Phi) is 5.16. The molecule has 2 aromatic rings. The molecule has 1 N–H and O–H groups in total. The van der Waals surface area contributed by atoms with Crippen LogP contribution in [0, 0.1) is 5.82 Å². The second-order valence-electron chi connectivity index (χ2n) is 7.11. The quantitative estimate of drug-likeness (QED) is 0.863. The molecule has 1 heterocycles. The monoisotopic (exact) mass is 357 g/mol. The lowest BCUT2D eigenvalue weighted by atomic mass is 9.89. The van der Waals surface area contributed by atoms with E-state index < -0.39 is 11.9 Å². The first kappa shape index (κ1) is 18.2. The van der Waals surface area contributed by atoms with E-state index in [1.54, 1.807) is 12.1 Å². The summed E-state index contributed by atoms with van der Waals surface area (Å²) in [5.74, 6) is 0.129. The molecule has 1 amide bonds. The van der Waals surface area contributed by atoms with Gasteiger partial charge in [-0.15, -0.1) is 0 Å². The van der Waals surface area contributed by atoms with Gasteiger partial charge in [0, 0.05) is 12.0 Å². The van der Waals surface area contributed by atoms with Crippen LogP contribution in [0.25, 0.3) is 0 Å². The van der Waals surface area contributed by atoms with Crippen molar-refractivity contribution in [2.45, 2.75) is 51.4 Å². The van der Waals surface area contributed by atoms with Gasteiger partial charge in [0.15, 0.2) is 17.7 Å². The summed E-state index contributed by atoms with van der Waals surface area (Å²) in [6.45, 7) is 5.83. The highest BCUT2D eigenvalue weighted by Crippen LogP contribution is 2.39. The maximum Gasteiger partial charge on any atom is 0.261 e. The second kappa shape index (κ2) is 7.36. The third kappa shape index (κ3) is 3.98. The van der Waals surface area contributed by atoms with Crippen molar-refractivity contribution >= 4 is 5.91 Å². The Morgan fingerprint density at radius 3 is 2.69 bits per heavy atom. The molecule has 0 spiro atoms. The zero-order chi connectivity index (χ0) is 18.7. The molecule has 0 aromatic heterocycles. The molecule has 5 heteroatoms. The van der Waals surface area contributed by atoms with Crippen molar-refractivity contribution in [3.8, 4) is 11.5 Å².